The first kappa shape index (κ1) is 20.0. The van der Waals surface area contributed by atoms with Crippen LogP contribution in [0.25, 0.3) is 0 Å². The van der Waals surface area contributed by atoms with E-state index in [2.05, 4.69) is 10.3 Å². The Kier molecular flexibility index (Phi) is 5.59. The second-order valence-electron chi connectivity index (χ2n) is 6.24. The molecule has 1 aliphatic rings. The number of nitro groups is 1. The first-order valence-electron chi connectivity index (χ1n) is 8.57. The van der Waals surface area contributed by atoms with E-state index in [0.717, 1.165) is 4.57 Å². The van der Waals surface area contributed by atoms with E-state index >= 15 is 0 Å². The van der Waals surface area contributed by atoms with Crippen LogP contribution in [0, 0.1) is 10.1 Å². The predicted molar refractivity (Wildman–Crippen MR) is 102 cm³/mol. The molecule has 0 saturated carbocycles. The van der Waals surface area contributed by atoms with Crippen LogP contribution in [0.5, 0.6) is 0 Å². The zero-order valence-electron chi connectivity index (χ0n) is 15.6. The Labute approximate surface area is 163 Å². The van der Waals surface area contributed by atoms with Crippen LogP contribution in [0.15, 0.2) is 51.2 Å². The summed E-state index contributed by atoms with van der Waals surface area (Å²) in [5.74, 6) is -0.562. The summed E-state index contributed by atoms with van der Waals surface area (Å²) in [6, 6.07) is 5.71. The SMILES string of the molecule is COCCOC(=O)C1=C(C)Nc2cc(=O)[nH]c(=O)n2[C@H]1c1cccc([N+](=O)[O-])c1. The Morgan fingerprint density at radius 2 is 2.03 bits per heavy atom. The topological polar surface area (TPSA) is 146 Å². The van der Waals surface area contributed by atoms with Crippen molar-refractivity contribution in [1.82, 2.24) is 9.55 Å². The molecule has 1 aromatic heterocycles. The first-order valence-corrected chi connectivity index (χ1v) is 8.57. The summed E-state index contributed by atoms with van der Waals surface area (Å²) in [5, 5.41) is 14.1. The highest BCUT2D eigenvalue weighted by Crippen LogP contribution is 2.35. The number of ether oxygens (including phenoxy) is 2. The van der Waals surface area contributed by atoms with Crippen LogP contribution in [0.1, 0.15) is 18.5 Å². The van der Waals surface area contributed by atoms with Crippen LogP contribution in [-0.2, 0) is 14.3 Å². The molecule has 29 heavy (non-hydrogen) atoms. The van der Waals surface area contributed by atoms with E-state index in [1.165, 1.54) is 31.4 Å². The largest absolute Gasteiger partial charge is 0.460 e. The lowest BCUT2D eigenvalue weighted by Gasteiger charge is -2.31. The number of allylic oxidation sites excluding steroid dienone is 1. The number of fused-ring (bicyclic) bond motifs is 1. The smallest absolute Gasteiger partial charge is 0.338 e. The fourth-order valence-corrected chi connectivity index (χ4v) is 3.14. The van der Waals surface area contributed by atoms with Gasteiger partial charge in [-0.25, -0.2) is 9.59 Å². The van der Waals surface area contributed by atoms with Gasteiger partial charge in [-0.3, -0.25) is 24.5 Å². The van der Waals surface area contributed by atoms with Crippen molar-refractivity contribution < 1.29 is 19.2 Å². The molecule has 0 aliphatic carbocycles. The van der Waals surface area contributed by atoms with Crippen molar-refractivity contribution in [2.75, 3.05) is 25.6 Å². The van der Waals surface area contributed by atoms with Crippen LogP contribution < -0.4 is 16.6 Å². The number of nitrogens with zero attached hydrogens (tertiary/aromatic N) is 2. The van der Waals surface area contributed by atoms with E-state index in [9.17, 15) is 24.5 Å². The Morgan fingerprint density at radius 1 is 1.28 bits per heavy atom. The van der Waals surface area contributed by atoms with E-state index in [1.807, 2.05) is 0 Å². The van der Waals surface area contributed by atoms with Crippen molar-refractivity contribution in [2.45, 2.75) is 13.0 Å². The van der Waals surface area contributed by atoms with Crippen LogP contribution in [0.3, 0.4) is 0 Å². The maximum absolute atomic E-state index is 12.8. The molecule has 11 heteroatoms. The average molecular weight is 402 g/mol. The van der Waals surface area contributed by atoms with Gasteiger partial charge in [0.05, 0.1) is 23.1 Å². The second-order valence-corrected chi connectivity index (χ2v) is 6.24. The van der Waals surface area contributed by atoms with Crippen LogP contribution in [-0.4, -0.2) is 40.8 Å². The molecule has 2 heterocycles. The fraction of sp³-hybridized carbons (Fsp3) is 0.278. The normalized spacial score (nSPS) is 15.4. The molecule has 2 aromatic rings. The van der Waals surface area contributed by atoms with Gasteiger partial charge in [0, 0.05) is 31.0 Å². The highest BCUT2D eigenvalue weighted by Gasteiger charge is 2.34. The minimum Gasteiger partial charge on any atom is -0.460 e. The van der Waals surface area contributed by atoms with Crippen molar-refractivity contribution in [3.05, 3.63) is 78.1 Å². The number of aromatic nitrogens is 2. The molecular formula is C18H18N4O7. The summed E-state index contributed by atoms with van der Waals surface area (Å²) < 4.78 is 11.2. The number of H-pyrrole nitrogens is 1. The molecule has 11 nitrogen and oxygen atoms in total. The summed E-state index contributed by atoms with van der Waals surface area (Å²) in [4.78, 5) is 49.8. The minimum absolute atomic E-state index is 0.0127. The molecule has 0 unspecified atom stereocenters. The quantitative estimate of drug-likeness (QED) is 0.314. The molecule has 0 bridgehead atoms. The van der Waals surface area contributed by atoms with Gasteiger partial charge in [0.15, 0.2) is 0 Å². The summed E-state index contributed by atoms with van der Waals surface area (Å²) in [5.41, 5.74) is -0.840. The number of hydrogen-bond donors (Lipinski definition) is 2. The van der Waals surface area contributed by atoms with Crippen molar-refractivity contribution in [3.8, 4) is 0 Å². The zero-order valence-corrected chi connectivity index (χ0v) is 15.6. The molecule has 152 valence electrons. The van der Waals surface area contributed by atoms with Gasteiger partial charge in [-0.15, -0.1) is 0 Å². The highest BCUT2D eigenvalue weighted by atomic mass is 16.6. The Balaban J connectivity index is 2.20. The van der Waals surface area contributed by atoms with Gasteiger partial charge in [-0.1, -0.05) is 12.1 Å². The number of methoxy groups -OCH3 is 1. The Morgan fingerprint density at radius 3 is 2.72 bits per heavy atom. The number of hydrogen-bond acceptors (Lipinski definition) is 8. The maximum Gasteiger partial charge on any atom is 0.338 e. The van der Waals surface area contributed by atoms with Gasteiger partial charge in [0.25, 0.3) is 11.2 Å². The summed E-state index contributed by atoms with van der Waals surface area (Å²) in [7, 11) is 1.46. The van der Waals surface area contributed by atoms with Crippen molar-refractivity contribution in [1.29, 1.82) is 0 Å². The molecule has 0 fully saturated rings. The monoisotopic (exact) mass is 402 g/mol. The van der Waals surface area contributed by atoms with Gasteiger partial charge in [0.2, 0.25) is 0 Å². The number of nitro benzene ring substituents is 1. The zero-order chi connectivity index (χ0) is 21.1. The van der Waals surface area contributed by atoms with Gasteiger partial charge < -0.3 is 14.8 Å². The van der Waals surface area contributed by atoms with Crippen molar-refractivity contribution in [3.63, 3.8) is 0 Å². The minimum atomic E-state index is -1.04. The molecule has 1 atom stereocenters. The number of non-ortho nitro benzene ring substituents is 1. The molecule has 1 aromatic carbocycles. The standard InChI is InChI=1S/C18H18N4O7/c1-10-15(17(24)29-7-6-28-2)16(11-4-3-5-12(8-11)22(26)27)21-13(19-10)9-14(23)20-18(21)25/h3-5,8-9,16,19H,6-7H2,1-2H3,(H,20,23,25)/t16-/m0/s1. The number of aromatic amines is 1. The third-order valence-corrected chi connectivity index (χ3v) is 4.36. The van der Waals surface area contributed by atoms with E-state index in [1.54, 1.807) is 13.0 Å². The molecule has 0 radical (unpaired) electrons. The van der Waals surface area contributed by atoms with Crippen LogP contribution in [0.4, 0.5) is 11.5 Å². The molecular weight excluding hydrogens is 384 g/mol. The third kappa shape index (κ3) is 3.94. The second kappa shape index (κ2) is 8.10. The van der Waals surface area contributed by atoms with Crippen LogP contribution in [0.2, 0.25) is 0 Å². The van der Waals surface area contributed by atoms with Gasteiger partial charge in [0.1, 0.15) is 12.4 Å². The van der Waals surface area contributed by atoms with Crippen LogP contribution >= 0.6 is 0 Å². The van der Waals surface area contributed by atoms with E-state index in [4.69, 9.17) is 9.47 Å². The number of carbonyl (C=O) groups excluding carboxylic acids is 1. The first-order chi connectivity index (χ1) is 13.8. The number of benzene rings is 1. The fourth-order valence-electron chi connectivity index (χ4n) is 3.14. The number of carbonyl (C=O) groups is 1. The predicted octanol–water partition coefficient (Wildman–Crippen LogP) is 0.923. The van der Waals surface area contributed by atoms with E-state index < -0.39 is 28.2 Å². The molecule has 0 saturated heterocycles. The lowest BCUT2D eigenvalue weighted by Crippen LogP contribution is -2.40. The number of nitrogens with one attached hydrogen (secondary N) is 2. The van der Waals surface area contributed by atoms with E-state index in [0.29, 0.717) is 11.3 Å². The average Bonchev–Trinajstić information content (AvgIpc) is 2.66. The number of esters is 1. The van der Waals surface area contributed by atoms with Gasteiger partial charge >= 0.3 is 11.7 Å². The molecule has 2 N–H and O–H groups in total. The Bertz CT molecular complexity index is 1120. The van der Waals surface area contributed by atoms with Gasteiger partial charge in [-0.2, -0.15) is 0 Å². The van der Waals surface area contributed by atoms with Crippen molar-refractivity contribution >= 4 is 17.5 Å². The summed E-state index contributed by atoms with van der Waals surface area (Å²) >= 11 is 0. The summed E-state index contributed by atoms with van der Waals surface area (Å²) in [6.07, 6.45) is 0. The molecule has 1 aliphatic heterocycles. The Hall–Kier alpha value is -3.73. The van der Waals surface area contributed by atoms with Crippen molar-refractivity contribution in [2.24, 2.45) is 0 Å². The van der Waals surface area contributed by atoms with Gasteiger partial charge in [-0.05, 0) is 12.5 Å². The summed E-state index contributed by atoms with van der Waals surface area (Å²) in [6.45, 7) is 1.75. The molecule has 0 spiro atoms. The third-order valence-electron chi connectivity index (χ3n) is 4.36. The lowest BCUT2D eigenvalue weighted by molar-refractivity contribution is -0.384. The number of rotatable bonds is 6. The molecule has 3 rings (SSSR count). The molecule has 0 amide bonds. The lowest BCUT2D eigenvalue weighted by atomic mass is 9.94. The highest BCUT2D eigenvalue weighted by molar-refractivity contribution is 5.92. The number of anilines is 1. The van der Waals surface area contributed by atoms with E-state index in [-0.39, 0.29) is 30.3 Å². The maximum atomic E-state index is 12.8.